The molecule has 176 valence electrons. The molecule has 10 nitrogen and oxygen atoms in total. The number of aromatic nitrogens is 3. The Kier molecular flexibility index (Phi) is 6.82. The summed E-state index contributed by atoms with van der Waals surface area (Å²) in [7, 11) is -3.91. The Hall–Kier alpha value is -3.86. The standard InChI is InChI=1S/C23H24N6O4S/c1-16(30)28-34(32,33)20-4-2-19(3-5-20)25-23(31)18-10-14-29(15-11-18)22-7-6-21(26-27-22)17-8-12-24-13-9-17/h2-9,12-13,18H,10-11,14-15H2,1H3,(H,25,31)(H,28,30). The van der Waals surface area contributed by atoms with Gasteiger partial charge in [-0.2, -0.15) is 0 Å². The first-order chi connectivity index (χ1) is 16.3. The van der Waals surface area contributed by atoms with Crippen LogP contribution in [0, 0.1) is 5.92 Å². The molecule has 2 aromatic heterocycles. The van der Waals surface area contributed by atoms with Crippen molar-refractivity contribution in [3.8, 4) is 11.3 Å². The monoisotopic (exact) mass is 480 g/mol. The third kappa shape index (κ3) is 5.54. The highest BCUT2D eigenvalue weighted by Crippen LogP contribution is 2.24. The van der Waals surface area contributed by atoms with Crippen molar-refractivity contribution in [1.29, 1.82) is 0 Å². The fraction of sp³-hybridized carbons (Fsp3) is 0.261. The average Bonchev–Trinajstić information content (AvgIpc) is 2.84. The molecule has 0 aliphatic carbocycles. The molecule has 0 spiro atoms. The van der Waals surface area contributed by atoms with Crippen LogP contribution in [-0.4, -0.2) is 48.5 Å². The predicted molar refractivity (Wildman–Crippen MR) is 126 cm³/mol. The van der Waals surface area contributed by atoms with Gasteiger partial charge in [0.2, 0.25) is 11.8 Å². The number of benzene rings is 1. The van der Waals surface area contributed by atoms with Crippen LogP contribution in [0.4, 0.5) is 11.5 Å². The van der Waals surface area contributed by atoms with Gasteiger partial charge in [-0.25, -0.2) is 13.1 Å². The van der Waals surface area contributed by atoms with Gasteiger partial charge in [-0.3, -0.25) is 14.6 Å². The van der Waals surface area contributed by atoms with Crippen molar-refractivity contribution in [2.75, 3.05) is 23.3 Å². The third-order valence-corrected chi connectivity index (χ3v) is 6.98. The summed E-state index contributed by atoms with van der Waals surface area (Å²) in [6.45, 7) is 2.48. The van der Waals surface area contributed by atoms with Crippen LogP contribution in [0.1, 0.15) is 19.8 Å². The van der Waals surface area contributed by atoms with Crippen LogP contribution in [-0.2, 0) is 19.6 Å². The van der Waals surface area contributed by atoms with Crippen molar-refractivity contribution >= 4 is 33.3 Å². The summed E-state index contributed by atoms with van der Waals surface area (Å²) in [6.07, 6.45) is 4.74. The largest absolute Gasteiger partial charge is 0.355 e. The zero-order valence-electron chi connectivity index (χ0n) is 18.5. The number of amides is 2. The van der Waals surface area contributed by atoms with Crippen LogP contribution in [0.3, 0.4) is 0 Å². The lowest BCUT2D eigenvalue weighted by Gasteiger charge is -2.31. The first-order valence-corrected chi connectivity index (χ1v) is 12.2. The van der Waals surface area contributed by atoms with E-state index >= 15 is 0 Å². The van der Waals surface area contributed by atoms with Crippen molar-refractivity contribution in [2.45, 2.75) is 24.7 Å². The molecular formula is C23H24N6O4S. The molecule has 2 amide bonds. The molecule has 4 rings (SSSR count). The van der Waals surface area contributed by atoms with Gasteiger partial charge < -0.3 is 10.2 Å². The fourth-order valence-electron chi connectivity index (χ4n) is 3.75. The summed E-state index contributed by atoms with van der Waals surface area (Å²) >= 11 is 0. The number of piperidine rings is 1. The maximum absolute atomic E-state index is 12.7. The molecule has 3 aromatic rings. The van der Waals surface area contributed by atoms with Gasteiger partial charge in [-0.15, -0.1) is 10.2 Å². The molecule has 0 bridgehead atoms. The van der Waals surface area contributed by atoms with Crippen molar-refractivity contribution in [1.82, 2.24) is 19.9 Å². The summed E-state index contributed by atoms with van der Waals surface area (Å²) in [5.74, 6) is -0.175. The number of nitrogens with one attached hydrogen (secondary N) is 2. The quantitative estimate of drug-likeness (QED) is 0.548. The predicted octanol–water partition coefficient (Wildman–Crippen LogP) is 2.22. The Morgan fingerprint density at radius 3 is 2.21 bits per heavy atom. The lowest BCUT2D eigenvalue weighted by Crippen LogP contribution is -2.38. The van der Waals surface area contributed by atoms with Crippen molar-refractivity contribution in [3.05, 3.63) is 60.9 Å². The number of hydrogen-bond donors (Lipinski definition) is 2. The molecule has 1 aromatic carbocycles. The van der Waals surface area contributed by atoms with Gasteiger partial charge in [-0.1, -0.05) is 0 Å². The highest BCUT2D eigenvalue weighted by molar-refractivity contribution is 7.90. The van der Waals surface area contributed by atoms with Gasteiger partial charge in [0, 0.05) is 49.6 Å². The van der Waals surface area contributed by atoms with Crippen LogP contribution in [0.25, 0.3) is 11.3 Å². The molecule has 1 fully saturated rings. The highest BCUT2D eigenvalue weighted by Gasteiger charge is 2.26. The molecule has 0 atom stereocenters. The maximum atomic E-state index is 12.7. The third-order valence-electron chi connectivity index (χ3n) is 5.53. The molecular weight excluding hydrogens is 456 g/mol. The molecule has 0 radical (unpaired) electrons. The second kappa shape index (κ2) is 9.96. The minimum atomic E-state index is -3.91. The minimum absolute atomic E-state index is 0.0509. The Morgan fingerprint density at radius 2 is 1.62 bits per heavy atom. The van der Waals surface area contributed by atoms with Crippen molar-refractivity contribution < 1.29 is 18.0 Å². The van der Waals surface area contributed by atoms with Crippen LogP contribution in [0.15, 0.2) is 65.8 Å². The Labute approximate surface area is 197 Å². The van der Waals surface area contributed by atoms with E-state index in [1.54, 1.807) is 12.4 Å². The van der Waals surface area contributed by atoms with E-state index in [-0.39, 0.29) is 16.7 Å². The molecule has 0 saturated carbocycles. The molecule has 11 heteroatoms. The first kappa shape index (κ1) is 23.3. The van der Waals surface area contributed by atoms with Crippen molar-refractivity contribution in [3.63, 3.8) is 0 Å². The average molecular weight is 481 g/mol. The SMILES string of the molecule is CC(=O)NS(=O)(=O)c1ccc(NC(=O)C2CCN(c3ccc(-c4ccncc4)nn3)CC2)cc1. The first-order valence-electron chi connectivity index (χ1n) is 10.8. The van der Waals surface area contributed by atoms with Gasteiger partial charge in [0.15, 0.2) is 5.82 Å². The summed E-state index contributed by atoms with van der Waals surface area (Å²) in [5, 5.41) is 11.5. The normalized spacial score (nSPS) is 14.4. The topological polar surface area (TPSA) is 134 Å². The second-order valence-corrected chi connectivity index (χ2v) is 9.63. The highest BCUT2D eigenvalue weighted by atomic mass is 32.2. The summed E-state index contributed by atoms with van der Waals surface area (Å²) in [5.41, 5.74) is 2.22. The Morgan fingerprint density at radius 1 is 0.941 bits per heavy atom. The molecule has 2 N–H and O–H groups in total. The second-order valence-electron chi connectivity index (χ2n) is 7.95. The van der Waals surface area contributed by atoms with Gasteiger partial charge >= 0.3 is 0 Å². The van der Waals surface area contributed by atoms with E-state index in [2.05, 4.69) is 25.4 Å². The van der Waals surface area contributed by atoms with E-state index in [0.717, 1.165) is 24.0 Å². The van der Waals surface area contributed by atoms with Gasteiger partial charge in [0.05, 0.1) is 10.6 Å². The number of sulfonamides is 1. The number of pyridine rings is 1. The Bertz CT molecular complexity index is 1260. The number of carbonyl (C=O) groups is 2. The zero-order chi connectivity index (χ0) is 24.1. The number of hydrogen-bond acceptors (Lipinski definition) is 8. The molecule has 1 saturated heterocycles. The van der Waals surface area contributed by atoms with Crippen molar-refractivity contribution in [2.24, 2.45) is 5.92 Å². The van der Waals surface area contributed by atoms with Gasteiger partial charge in [-0.05, 0) is 61.4 Å². The number of carbonyl (C=O) groups excluding carboxylic acids is 2. The fourth-order valence-corrected chi connectivity index (χ4v) is 4.74. The molecule has 1 aliphatic rings. The lowest BCUT2D eigenvalue weighted by atomic mass is 9.96. The van der Waals surface area contributed by atoms with Gasteiger partial charge in [0.25, 0.3) is 10.0 Å². The van der Waals surface area contributed by atoms with E-state index in [0.29, 0.717) is 31.6 Å². The smallest absolute Gasteiger partial charge is 0.264 e. The molecule has 34 heavy (non-hydrogen) atoms. The van der Waals surface area contributed by atoms with E-state index in [1.165, 1.54) is 24.3 Å². The minimum Gasteiger partial charge on any atom is -0.355 e. The number of rotatable bonds is 6. The van der Waals surface area contributed by atoms with Crippen LogP contribution in [0.2, 0.25) is 0 Å². The molecule has 3 heterocycles. The van der Waals surface area contributed by atoms with Crippen LogP contribution >= 0.6 is 0 Å². The lowest BCUT2D eigenvalue weighted by molar-refractivity contribution is -0.120. The van der Waals surface area contributed by atoms with E-state index in [9.17, 15) is 18.0 Å². The van der Waals surface area contributed by atoms with E-state index in [4.69, 9.17) is 0 Å². The summed E-state index contributed by atoms with van der Waals surface area (Å²) in [4.78, 5) is 29.8. The van der Waals surface area contributed by atoms with Crippen LogP contribution < -0.4 is 14.9 Å². The zero-order valence-corrected chi connectivity index (χ0v) is 19.3. The van der Waals surface area contributed by atoms with E-state index in [1.807, 2.05) is 29.0 Å². The number of anilines is 2. The molecule has 1 aliphatic heterocycles. The summed E-state index contributed by atoms with van der Waals surface area (Å²) < 4.78 is 26.0. The summed E-state index contributed by atoms with van der Waals surface area (Å²) in [6, 6.07) is 13.3. The van der Waals surface area contributed by atoms with E-state index < -0.39 is 15.9 Å². The number of nitrogens with zero attached hydrogens (tertiary/aromatic N) is 4. The Balaban J connectivity index is 1.31. The maximum Gasteiger partial charge on any atom is 0.264 e. The van der Waals surface area contributed by atoms with Crippen LogP contribution in [0.5, 0.6) is 0 Å². The molecule has 0 unspecified atom stereocenters. The van der Waals surface area contributed by atoms with Gasteiger partial charge in [0.1, 0.15) is 0 Å².